The molecule has 4 nitrogen and oxygen atoms in total. The summed E-state index contributed by atoms with van der Waals surface area (Å²) < 4.78 is 4.88. The van der Waals surface area contributed by atoms with Crippen LogP contribution >= 0.6 is 0 Å². The molecule has 0 radical (unpaired) electrons. The third-order valence-corrected chi connectivity index (χ3v) is 2.25. The van der Waals surface area contributed by atoms with E-state index in [1.807, 2.05) is 6.07 Å². The van der Waals surface area contributed by atoms with Crippen LogP contribution in [0.15, 0.2) is 24.3 Å². The third kappa shape index (κ3) is 3.84. The highest BCUT2D eigenvalue weighted by molar-refractivity contribution is 5.76. The molecule has 0 N–H and O–H groups in total. The molecule has 1 aromatic carbocycles. The molecule has 0 spiro atoms. The number of nitrogens with zero attached hydrogens (tertiary/aromatic N) is 2. The van der Waals surface area contributed by atoms with Crippen LogP contribution < -0.4 is 4.90 Å². The van der Waals surface area contributed by atoms with E-state index in [0.717, 1.165) is 5.69 Å². The zero-order valence-corrected chi connectivity index (χ0v) is 10.2. The van der Waals surface area contributed by atoms with E-state index in [1.54, 1.807) is 36.1 Å². The summed E-state index contributed by atoms with van der Waals surface area (Å²) in [6.07, 6.45) is 5.28. The monoisotopic (exact) mass is 242 g/mol. The average molecular weight is 242 g/mol. The van der Waals surface area contributed by atoms with Crippen LogP contribution in [0.25, 0.3) is 0 Å². The van der Waals surface area contributed by atoms with Gasteiger partial charge in [0.05, 0.1) is 24.8 Å². The van der Waals surface area contributed by atoms with E-state index in [1.165, 1.54) is 0 Å². The van der Waals surface area contributed by atoms with Crippen molar-refractivity contribution in [3.63, 3.8) is 0 Å². The van der Waals surface area contributed by atoms with Gasteiger partial charge >= 0.3 is 5.97 Å². The molecule has 18 heavy (non-hydrogen) atoms. The summed E-state index contributed by atoms with van der Waals surface area (Å²) in [4.78, 5) is 13.2. The molecular formula is C14H14N2O2. The smallest absolute Gasteiger partial charge is 0.325 e. The minimum absolute atomic E-state index is 0.0763. The number of hydrogen-bond acceptors (Lipinski definition) is 4. The maximum absolute atomic E-state index is 11.5. The molecule has 0 saturated heterocycles. The summed E-state index contributed by atoms with van der Waals surface area (Å²) in [5.41, 5.74) is 1.26. The highest BCUT2D eigenvalue weighted by atomic mass is 16.5. The van der Waals surface area contributed by atoms with Crippen molar-refractivity contribution in [2.75, 3.05) is 24.6 Å². The molecule has 0 saturated carbocycles. The first-order chi connectivity index (χ1) is 8.71. The van der Waals surface area contributed by atoms with Gasteiger partial charge in [-0.25, -0.2) is 0 Å². The Hall–Kier alpha value is -2.46. The number of anilines is 1. The Morgan fingerprint density at radius 3 is 2.94 bits per heavy atom. The van der Waals surface area contributed by atoms with E-state index in [2.05, 4.69) is 5.92 Å². The van der Waals surface area contributed by atoms with Gasteiger partial charge in [-0.3, -0.25) is 4.79 Å². The topological polar surface area (TPSA) is 53.3 Å². The Morgan fingerprint density at radius 2 is 2.33 bits per heavy atom. The Bertz CT molecular complexity index is 497. The number of nitriles is 1. The summed E-state index contributed by atoms with van der Waals surface area (Å²) in [7, 11) is 0. The summed E-state index contributed by atoms with van der Waals surface area (Å²) in [5.74, 6) is 2.15. The maximum Gasteiger partial charge on any atom is 0.325 e. The number of terminal acetylenes is 1. The van der Waals surface area contributed by atoms with Crippen molar-refractivity contribution in [3.05, 3.63) is 29.8 Å². The number of carbonyl (C=O) groups is 1. The number of hydrogen-bond donors (Lipinski definition) is 0. The van der Waals surface area contributed by atoms with Crippen molar-refractivity contribution in [3.8, 4) is 18.4 Å². The van der Waals surface area contributed by atoms with Crippen LogP contribution in [0.1, 0.15) is 12.5 Å². The van der Waals surface area contributed by atoms with Gasteiger partial charge in [-0.15, -0.1) is 6.42 Å². The highest BCUT2D eigenvalue weighted by Gasteiger charge is 2.11. The first kappa shape index (κ1) is 13.6. The molecule has 4 heteroatoms. The molecule has 0 fully saturated rings. The molecule has 0 bridgehead atoms. The van der Waals surface area contributed by atoms with Gasteiger partial charge in [0.25, 0.3) is 0 Å². The molecule has 0 aliphatic heterocycles. The number of carbonyl (C=O) groups excluding carboxylic acids is 1. The summed E-state index contributed by atoms with van der Waals surface area (Å²) >= 11 is 0. The molecule has 1 rings (SSSR count). The van der Waals surface area contributed by atoms with Crippen molar-refractivity contribution >= 4 is 11.7 Å². The predicted octanol–water partition coefficient (Wildman–Crippen LogP) is 1.56. The number of rotatable bonds is 5. The second-order valence-electron chi connectivity index (χ2n) is 3.53. The SMILES string of the molecule is C#CCN(CC(=O)OCC)c1cccc(C#N)c1. The quantitative estimate of drug-likeness (QED) is 0.581. The fourth-order valence-corrected chi connectivity index (χ4v) is 1.48. The van der Waals surface area contributed by atoms with Crippen molar-refractivity contribution in [2.24, 2.45) is 0 Å². The fraction of sp³-hybridized carbons (Fsp3) is 0.286. The lowest BCUT2D eigenvalue weighted by Crippen LogP contribution is -2.31. The van der Waals surface area contributed by atoms with Gasteiger partial charge in [-0.2, -0.15) is 5.26 Å². The van der Waals surface area contributed by atoms with Crippen LogP contribution in [0.5, 0.6) is 0 Å². The van der Waals surface area contributed by atoms with Crippen LogP contribution in [0.3, 0.4) is 0 Å². The summed E-state index contributed by atoms with van der Waals surface area (Å²) in [6.45, 7) is 2.45. The Morgan fingerprint density at radius 1 is 1.56 bits per heavy atom. The van der Waals surface area contributed by atoms with E-state index in [-0.39, 0.29) is 19.1 Å². The second kappa shape index (κ2) is 6.98. The van der Waals surface area contributed by atoms with Crippen LogP contribution in [-0.2, 0) is 9.53 Å². The van der Waals surface area contributed by atoms with Crippen molar-refractivity contribution < 1.29 is 9.53 Å². The van der Waals surface area contributed by atoms with E-state index in [4.69, 9.17) is 16.4 Å². The summed E-state index contributed by atoms with van der Waals surface area (Å²) in [5, 5.41) is 8.84. The first-order valence-corrected chi connectivity index (χ1v) is 5.55. The van der Waals surface area contributed by atoms with Crippen molar-refractivity contribution in [1.82, 2.24) is 0 Å². The van der Waals surface area contributed by atoms with Gasteiger partial charge in [0.2, 0.25) is 0 Å². The number of esters is 1. The molecular weight excluding hydrogens is 228 g/mol. The molecule has 0 atom stereocenters. The van der Waals surface area contributed by atoms with E-state index in [9.17, 15) is 4.79 Å². The lowest BCUT2D eigenvalue weighted by Gasteiger charge is -2.21. The largest absolute Gasteiger partial charge is 0.465 e. The second-order valence-corrected chi connectivity index (χ2v) is 3.53. The highest BCUT2D eigenvalue weighted by Crippen LogP contribution is 2.15. The Labute approximate surface area is 107 Å². The van der Waals surface area contributed by atoms with Gasteiger partial charge in [-0.1, -0.05) is 12.0 Å². The van der Waals surface area contributed by atoms with Crippen molar-refractivity contribution in [2.45, 2.75) is 6.92 Å². The molecule has 0 aliphatic rings. The third-order valence-electron chi connectivity index (χ3n) is 2.25. The molecule has 0 aliphatic carbocycles. The van der Waals surface area contributed by atoms with E-state index >= 15 is 0 Å². The van der Waals surface area contributed by atoms with Gasteiger partial charge < -0.3 is 9.64 Å². The number of ether oxygens (including phenoxy) is 1. The molecule has 92 valence electrons. The minimum Gasteiger partial charge on any atom is -0.465 e. The molecule has 0 aromatic heterocycles. The van der Waals surface area contributed by atoms with E-state index < -0.39 is 0 Å². The van der Waals surface area contributed by atoms with Crippen LogP contribution in [0.4, 0.5) is 5.69 Å². The lowest BCUT2D eigenvalue weighted by molar-refractivity contribution is -0.141. The Balaban J connectivity index is 2.87. The summed E-state index contributed by atoms with van der Waals surface area (Å²) in [6, 6.07) is 8.99. The molecule has 0 heterocycles. The van der Waals surface area contributed by atoms with Crippen LogP contribution in [-0.4, -0.2) is 25.7 Å². The predicted molar refractivity (Wildman–Crippen MR) is 68.8 cm³/mol. The van der Waals surface area contributed by atoms with Gasteiger partial charge in [-0.05, 0) is 25.1 Å². The number of benzene rings is 1. The normalized spacial score (nSPS) is 9.06. The standard InChI is InChI=1S/C14H14N2O2/c1-3-8-16(11-14(17)18-4-2)13-7-5-6-12(9-13)10-15/h1,5-7,9H,4,8,11H2,2H3. The molecule has 1 aromatic rings. The lowest BCUT2D eigenvalue weighted by atomic mass is 10.2. The molecule has 0 unspecified atom stereocenters. The zero-order chi connectivity index (χ0) is 13.4. The van der Waals surface area contributed by atoms with Crippen LogP contribution in [0.2, 0.25) is 0 Å². The average Bonchev–Trinajstić information content (AvgIpc) is 2.38. The van der Waals surface area contributed by atoms with Gasteiger partial charge in [0, 0.05) is 5.69 Å². The first-order valence-electron chi connectivity index (χ1n) is 5.55. The van der Waals surface area contributed by atoms with Gasteiger partial charge in [0.15, 0.2) is 0 Å². The Kier molecular flexibility index (Phi) is 5.28. The van der Waals surface area contributed by atoms with E-state index in [0.29, 0.717) is 12.2 Å². The minimum atomic E-state index is -0.338. The molecule has 0 amide bonds. The van der Waals surface area contributed by atoms with Crippen molar-refractivity contribution in [1.29, 1.82) is 5.26 Å². The fourth-order valence-electron chi connectivity index (χ4n) is 1.48. The maximum atomic E-state index is 11.5. The zero-order valence-electron chi connectivity index (χ0n) is 10.2. The van der Waals surface area contributed by atoms with Crippen LogP contribution in [0, 0.1) is 23.7 Å². The van der Waals surface area contributed by atoms with Gasteiger partial charge in [0.1, 0.15) is 6.54 Å².